The number of nitriles is 1. The second kappa shape index (κ2) is 1.98. The molecular weight excluding hydrogens is 114 g/mol. The summed E-state index contributed by atoms with van der Waals surface area (Å²) in [4.78, 5) is 1.89. The Morgan fingerprint density at radius 3 is 2.67 bits per heavy atom. The fourth-order valence-electron chi connectivity index (χ4n) is 0.872. The molecule has 2 N–H and O–H groups in total. The Labute approximate surface area is 54.4 Å². The van der Waals surface area contributed by atoms with Crippen molar-refractivity contribution in [3.8, 4) is 6.07 Å². The van der Waals surface area contributed by atoms with Crippen molar-refractivity contribution in [3.05, 3.63) is 11.4 Å². The summed E-state index contributed by atoms with van der Waals surface area (Å²) in [5, 5.41) is 8.44. The quantitative estimate of drug-likeness (QED) is 0.494. The highest BCUT2D eigenvalue weighted by Gasteiger charge is 2.14. The molecule has 0 atom stereocenters. The smallest absolute Gasteiger partial charge is 0.112 e. The normalized spacial score (nSPS) is 18.4. The predicted molar refractivity (Wildman–Crippen MR) is 34.1 cm³/mol. The van der Waals surface area contributed by atoms with Crippen LogP contribution in [0.5, 0.6) is 0 Å². The fourth-order valence-corrected chi connectivity index (χ4v) is 0.872. The van der Waals surface area contributed by atoms with E-state index < -0.39 is 0 Å². The monoisotopic (exact) mass is 123 g/mol. The average molecular weight is 123 g/mol. The molecule has 0 amide bonds. The molecule has 1 rings (SSSR count). The summed E-state index contributed by atoms with van der Waals surface area (Å²) in [6.07, 6.45) is 0.804. The number of nitrogens with zero attached hydrogens (tertiary/aromatic N) is 2. The van der Waals surface area contributed by atoms with Gasteiger partial charge in [0.2, 0.25) is 0 Å². The Balaban J connectivity index is 2.83. The minimum absolute atomic E-state index is 0.637. The second-order valence-electron chi connectivity index (χ2n) is 2.15. The molecule has 9 heavy (non-hydrogen) atoms. The van der Waals surface area contributed by atoms with E-state index in [1.807, 2.05) is 11.9 Å². The van der Waals surface area contributed by atoms with Crippen molar-refractivity contribution >= 4 is 0 Å². The molecule has 0 bridgehead atoms. The van der Waals surface area contributed by atoms with Gasteiger partial charge in [-0.15, -0.1) is 0 Å². The third-order valence-corrected chi connectivity index (χ3v) is 1.55. The number of hydrogen-bond donors (Lipinski definition) is 1. The molecule has 48 valence electrons. The summed E-state index contributed by atoms with van der Waals surface area (Å²) in [6, 6.07) is 2.06. The molecule has 0 aliphatic carbocycles. The molecule has 0 aromatic heterocycles. The standard InChI is InChI=1S/C6H9N3/c1-9-3-2-5(4-7)6(9)8/h2-3,8H2,1H3. The Morgan fingerprint density at radius 2 is 2.44 bits per heavy atom. The molecule has 0 unspecified atom stereocenters. The first-order valence-electron chi connectivity index (χ1n) is 2.85. The molecule has 0 aromatic rings. The van der Waals surface area contributed by atoms with Gasteiger partial charge in [-0.25, -0.2) is 0 Å². The van der Waals surface area contributed by atoms with E-state index in [-0.39, 0.29) is 0 Å². The molecule has 0 aromatic carbocycles. The van der Waals surface area contributed by atoms with Crippen LogP contribution in [0.2, 0.25) is 0 Å². The lowest BCUT2D eigenvalue weighted by molar-refractivity contribution is 0.454. The van der Waals surface area contributed by atoms with Crippen molar-refractivity contribution < 1.29 is 0 Å². The van der Waals surface area contributed by atoms with E-state index in [0.29, 0.717) is 5.82 Å². The second-order valence-corrected chi connectivity index (χ2v) is 2.15. The number of rotatable bonds is 0. The lowest BCUT2D eigenvalue weighted by Gasteiger charge is -2.09. The lowest BCUT2D eigenvalue weighted by Crippen LogP contribution is -2.18. The molecule has 1 heterocycles. The summed E-state index contributed by atoms with van der Waals surface area (Å²) < 4.78 is 0. The Morgan fingerprint density at radius 1 is 1.78 bits per heavy atom. The van der Waals surface area contributed by atoms with Crippen LogP contribution in [0, 0.1) is 11.3 Å². The molecular formula is C6H9N3. The Bertz CT molecular complexity index is 187. The Hall–Kier alpha value is -1.17. The minimum atomic E-state index is 0.637. The van der Waals surface area contributed by atoms with Crippen molar-refractivity contribution in [2.24, 2.45) is 5.73 Å². The first-order chi connectivity index (χ1) is 4.25. The van der Waals surface area contributed by atoms with Gasteiger partial charge >= 0.3 is 0 Å². The maximum Gasteiger partial charge on any atom is 0.112 e. The fraction of sp³-hybridized carbons (Fsp3) is 0.500. The molecule has 0 saturated heterocycles. The van der Waals surface area contributed by atoms with Crippen LogP contribution in [0.25, 0.3) is 0 Å². The van der Waals surface area contributed by atoms with Crippen LogP contribution in [0.15, 0.2) is 11.4 Å². The SMILES string of the molecule is CN1CCC(C#N)=C1N. The lowest BCUT2D eigenvalue weighted by atomic mass is 10.2. The van der Waals surface area contributed by atoms with Crippen molar-refractivity contribution in [1.29, 1.82) is 5.26 Å². The zero-order valence-corrected chi connectivity index (χ0v) is 5.39. The molecule has 0 fully saturated rings. The van der Waals surface area contributed by atoms with E-state index in [0.717, 1.165) is 18.5 Å². The van der Waals surface area contributed by atoms with Gasteiger partial charge in [-0.1, -0.05) is 0 Å². The van der Waals surface area contributed by atoms with E-state index >= 15 is 0 Å². The Kier molecular flexibility index (Phi) is 1.31. The summed E-state index contributed by atoms with van der Waals surface area (Å²) >= 11 is 0. The van der Waals surface area contributed by atoms with Crippen LogP contribution in [0.4, 0.5) is 0 Å². The highest BCUT2D eigenvalue weighted by molar-refractivity contribution is 5.28. The van der Waals surface area contributed by atoms with Gasteiger partial charge in [0.05, 0.1) is 11.6 Å². The largest absolute Gasteiger partial charge is 0.385 e. The van der Waals surface area contributed by atoms with Crippen LogP contribution in [-0.2, 0) is 0 Å². The molecule has 0 spiro atoms. The topological polar surface area (TPSA) is 53.0 Å². The first-order valence-corrected chi connectivity index (χ1v) is 2.85. The summed E-state index contributed by atoms with van der Waals surface area (Å²) in [5.41, 5.74) is 6.24. The van der Waals surface area contributed by atoms with Gasteiger partial charge in [0.25, 0.3) is 0 Å². The highest BCUT2D eigenvalue weighted by atomic mass is 15.2. The van der Waals surface area contributed by atoms with Gasteiger partial charge < -0.3 is 10.6 Å². The van der Waals surface area contributed by atoms with Gasteiger partial charge in [-0.2, -0.15) is 5.26 Å². The van der Waals surface area contributed by atoms with Crippen molar-refractivity contribution in [1.82, 2.24) is 4.90 Å². The summed E-state index contributed by atoms with van der Waals surface area (Å²) in [6.45, 7) is 0.884. The van der Waals surface area contributed by atoms with E-state index in [1.54, 1.807) is 0 Å². The summed E-state index contributed by atoms with van der Waals surface area (Å²) in [5.74, 6) is 0.637. The third-order valence-electron chi connectivity index (χ3n) is 1.55. The number of hydrogen-bond acceptors (Lipinski definition) is 3. The zero-order chi connectivity index (χ0) is 6.85. The molecule has 1 aliphatic rings. The van der Waals surface area contributed by atoms with Crippen molar-refractivity contribution in [2.75, 3.05) is 13.6 Å². The van der Waals surface area contributed by atoms with Crippen LogP contribution in [-0.4, -0.2) is 18.5 Å². The van der Waals surface area contributed by atoms with Crippen molar-refractivity contribution in [2.45, 2.75) is 6.42 Å². The maximum atomic E-state index is 8.44. The van der Waals surface area contributed by atoms with Gasteiger partial charge in [-0.3, -0.25) is 0 Å². The van der Waals surface area contributed by atoms with Gasteiger partial charge in [0.15, 0.2) is 0 Å². The van der Waals surface area contributed by atoms with E-state index in [2.05, 4.69) is 6.07 Å². The van der Waals surface area contributed by atoms with Crippen LogP contribution >= 0.6 is 0 Å². The molecule has 0 saturated carbocycles. The average Bonchev–Trinajstić information content (AvgIpc) is 2.15. The third kappa shape index (κ3) is 0.833. The maximum absolute atomic E-state index is 8.44. The van der Waals surface area contributed by atoms with Crippen LogP contribution < -0.4 is 5.73 Å². The first kappa shape index (κ1) is 5.96. The highest BCUT2D eigenvalue weighted by Crippen LogP contribution is 2.14. The van der Waals surface area contributed by atoms with E-state index in [1.165, 1.54) is 0 Å². The summed E-state index contributed by atoms with van der Waals surface area (Å²) in [7, 11) is 1.89. The molecule has 3 nitrogen and oxygen atoms in total. The van der Waals surface area contributed by atoms with Crippen LogP contribution in [0.1, 0.15) is 6.42 Å². The molecule has 1 aliphatic heterocycles. The van der Waals surface area contributed by atoms with E-state index in [9.17, 15) is 0 Å². The van der Waals surface area contributed by atoms with E-state index in [4.69, 9.17) is 11.0 Å². The predicted octanol–water partition coefficient (Wildman–Crippen LogP) is 0.0158. The van der Waals surface area contributed by atoms with Gasteiger partial charge in [0.1, 0.15) is 5.82 Å². The molecule has 3 heteroatoms. The van der Waals surface area contributed by atoms with Crippen molar-refractivity contribution in [3.63, 3.8) is 0 Å². The zero-order valence-electron chi connectivity index (χ0n) is 5.39. The molecule has 0 radical (unpaired) electrons. The van der Waals surface area contributed by atoms with Gasteiger partial charge in [0, 0.05) is 20.0 Å². The van der Waals surface area contributed by atoms with Crippen LogP contribution in [0.3, 0.4) is 0 Å². The number of nitrogens with two attached hydrogens (primary N) is 1. The van der Waals surface area contributed by atoms with Gasteiger partial charge in [-0.05, 0) is 0 Å². The minimum Gasteiger partial charge on any atom is -0.385 e.